The maximum atomic E-state index is 9.70. The second-order valence-corrected chi connectivity index (χ2v) is 7.19. The third kappa shape index (κ3) is 4.15. The van der Waals surface area contributed by atoms with Crippen molar-refractivity contribution in [2.24, 2.45) is 0 Å². The molecule has 3 N–H and O–H groups in total. The molecule has 29 heavy (non-hydrogen) atoms. The van der Waals surface area contributed by atoms with Gasteiger partial charge in [0.25, 0.3) is 0 Å². The van der Waals surface area contributed by atoms with Crippen LogP contribution in [0.15, 0.2) is 42.5 Å². The van der Waals surface area contributed by atoms with Gasteiger partial charge in [0.15, 0.2) is 0 Å². The van der Waals surface area contributed by atoms with Crippen LogP contribution in [0.25, 0.3) is 22.4 Å². The Morgan fingerprint density at radius 2 is 1.90 bits per heavy atom. The highest BCUT2D eigenvalue weighted by Crippen LogP contribution is 2.35. The molecule has 0 aliphatic heterocycles. The molecule has 1 heterocycles. The first kappa shape index (κ1) is 20.2. The number of nitrogen functional groups attached to an aromatic ring is 1. The number of aromatic nitrogens is 1. The summed E-state index contributed by atoms with van der Waals surface area (Å²) in [6.07, 6.45) is 0. The number of aromatic hydroxyl groups is 1. The van der Waals surface area contributed by atoms with E-state index in [1.54, 1.807) is 25.3 Å². The highest BCUT2D eigenvalue weighted by Gasteiger charge is 2.16. The molecule has 0 spiro atoms. The molecule has 3 aromatic rings. The zero-order chi connectivity index (χ0) is 21.1. The van der Waals surface area contributed by atoms with Crippen molar-refractivity contribution in [1.82, 2.24) is 9.88 Å². The number of nitrogens with zero attached hydrogens (tertiary/aromatic N) is 3. The van der Waals surface area contributed by atoms with Crippen molar-refractivity contribution < 1.29 is 9.84 Å². The van der Waals surface area contributed by atoms with Crippen molar-refractivity contribution in [3.63, 3.8) is 0 Å². The highest BCUT2D eigenvalue weighted by molar-refractivity contribution is 5.81. The van der Waals surface area contributed by atoms with Crippen molar-refractivity contribution >= 4 is 5.82 Å². The molecular weight excluding hydrogens is 364 g/mol. The number of benzene rings is 2. The van der Waals surface area contributed by atoms with E-state index in [1.807, 2.05) is 45.3 Å². The standard InChI is InChI=1S/C23H24N4O2/c1-14-9-17(28)6-7-18(14)21-11-19(20(12-24)23(25)26-21)15-5-8-22(29-4)16(10-15)13-27(2)3/h5-11,28H,13H2,1-4H3,(H2,25,26). The number of phenolic OH excluding ortho intramolecular Hbond substituents is 1. The molecule has 148 valence electrons. The Morgan fingerprint density at radius 3 is 2.52 bits per heavy atom. The molecule has 6 nitrogen and oxygen atoms in total. The fourth-order valence-corrected chi connectivity index (χ4v) is 3.39. The third-order valence-electron chi connectivity index (χ3n) is 4.72. The molecule has 0 atom stereocenters. The molecule has 0 aliphatic rings. The quantitative estimate of drug-likeness (QED) is 0.687. The Balaban J connectivity index is 2.21. The van der Waals surface area contributed by atoms with Crippen molar-refractivity contribution in [3.05, 3.63) is 59.2 Å². The summed E-state index contributed by atoms with van der Waals surface area (Å²) in [5.41, 5.74) is 11.4. The largest absolute Gasteiger partial charge is 0.508 e. The first-order valence-corrected chi connectivity index (χ1v) is 9.16. The first-order valence-electron chi connectivity index (χ1n) is 9.16. The number of rotatable bonds is 5. The van der Waals surface area contributed by atoms with Crippen molar-refractivity contribution in [2.75, 3.05) is 26.9 Å². The molecule has 2 aromatic carbocycles. The maximum absolute atomic E-state index is 9.70. The van der Waals surface area contributed by atoms with Gasteiger partial charge in [0.05, 0.1) is 12.8 Å². The van der Waals surface area contributed by atoms with Crippen LogP contribution in [-0.4, -0.2) is 36.2 Å². The Hall–Kier alpha value is -3.56. The first-order chi connectivity index (χ1) is 13.8. The molecule has 0 saturated heterocycles. The predicted molar refractivity (Wildman–Crippen MR) is 115 cm³/mol. The molecular formula is C23H24N4O2. The highest BCUT2D eigenvalue weighted by atomic mass is 16.5. The van der Waals surface area contributed by atoms with E-state index in [-0.39, 0.29) is 11.6 Å². The second kappa shape index (κ2) is 8.21. The monoisotopic (exact) mass is 388 g/mol. The van der Waals surface area contributed by atoms with Gasteiger partial charge in [-0.15, -0.1) is 0 Å². The van der Waals surface area contributed by atoms with Crippen LogP contribution in [0, 0.1) is 18.3 Å². The molecule has 3 rings (SSSR count). The number of anilines is 1. The average Bonchev–Trinajstić information content (AvgIpc) is 2.67. The lowest BCUT2D eigenvalue weighted by atomic mass is 9.95. The summed E-state index contributed by atoms with van der Waals surface area (Å²) < 4.78 is 5.48. The average molecular weight is 388 g/mol. The van der Waals surface area contributed by atoms with E-state index in [2.05, 4.69) is 16.0 Å². The smallest absolute Gasteiger partial charge is 0.142 e. The van der Waals surface area contributed by atoms with Crippen molar-refractivity contribution in [3.8, 4) is 40.0 Å². The lowest BCUT2D eigenvalue weighted by molar-refractivity contribution is 0.372. The lowest BCUT2D eigenvalue weighted by Gasteiger charge is -2.16. The van der Waals surface area contributed by atoms with Gasteiger partial charge in [-0.3, -0.25) is 0 Å². The lowest BCUT2D eigenvalue weighted by Crippen LogP contribution is -2.11. The second-order valence-electron chi connectivity index (χ2n) is 7.19. The number of hydrogen-bond donors (Lipinski definition) is 2. The van der Waals surface area contributed by atoms with Gasteiger partial charge < -0.3 is 20.5 Å². The number of nitriles is 1. The molecule has 0 unspecified atom stereocenters. The van der Waals surface area contributed by atoms with Gasteiger partial charge in [-0.2, -0.15) is 5.26 Å². The van der Waals surface area contributed by atoms with Crippen LogP contribution >= 0.6 is 0 Å². The Bertz CT molecular complexity index is 1100. The third-order valence-corrected chi connectivity index (χ3v) is 4.72. The minimum Gasteiger partial charge on any atom is -0.508 e. The number of methoxy groups -OCH3 is 1. The van der Waals surface area contributed by atoms with E-state index >= 15 is 0 Å². The van der Waals surface area contributed by atoms with E-state index in [0.717, 1.165) is 28.0 Å². The summed E-state index contributed by atoms with van der Waals surface area (Å²) in [6.45, 7) is 2.59. The molecule has 1 aromatic heterocycles. The Labute approximate surface area is 170 Å². The van der Waals surface area contributed by atoms with Crippen LogP contribution in [0.3, 0.4) is 0 Å². The molecule has 0 saturated carbocycles. The van der Waals surface area contributed by atoms with E-state index in [0.29, 0.717) is 23.4 Å². The van der Waals surface area contributed by atoms with Crippen LogP contribution in [0.5, 0.6) is 11.5 Å². The summed E-state index contributed by atoms with van der Waals surface area (Å²) >= 11 is 0. The number of ether oxygens (including phenoxy) is 1. The van der Waals surface area contributed by atoms with Crippen LogP contribution in [-0.2, 0) is 6.54 Å². The molecule has 0 bridgehead atoms. The summed E-state index contributed by atoms with van der Waals surface area (Å²) in [7, 11) is 5.62. The van der Waals surface area contributed by atoms with Gasteiger partial charge >= 0.3 is 0 Å². The van der Waals surface area contributed by atoms with Gasteiger partial charge in [0.1, 0.15) is 28.9 Å². The number of pyridine rings is 1. The van der Waals surface area contributed by atoms with E-state index < -0.39 is 0 Å². The van der Waals surface area contributed by atoms with Gasteiger partial charge in [-0.25, -0.2) is 4.98 Å². The summed E-state index contributed by atoms with van der Waals surface area (Å²) in [5.74, 6) is 1.16. The summed E-state index contributed by atoms with van der Waals surface area (Å²) in [5, 5.41) is 19.4. The van der Waals surface area contributed by atoms with Crippen LogP contribution < -0.4 is 10.5 Å². The summed E-state index contributed by atoms with van der Waals surface area (Å²) in [6, 6.07) is 15.0. The van der Waals surface area contributed by atoms with Crippen LogP contribution in [0.4, 0.5) is 5.82 Å². The SMILES string of the molecule is COc1ccc(-c2cc(-c3ccc(O)cc3C)nc(N)c2C#N)cc1CN(C)C. The Kier molecular flexibility index (Phi) is 5.71. The Morgan fingerprint density at radius 1 is 1.14 bits per heavy atom. The fraction of sp³-hybridized carbons (Fsp3) is 0.217. The van der Waals surface area contributed by atoms with Crippen LogP contribution in [0.1, 0.15) is 16.7 Å². The minimum atomic E-state index is 0.178. The fourth-order valence-electron chi connectivity index (χ4n) is 3.39. The van der Waals surface area contributed by atoms with Gasteiger partial charge in [0.2, 0.25) is 0 Å². The number of hydrogen-bond acceptors (Lipinski definition) is 6. The summed E-state index contributed by atoms with van der Waals surface area (Å²) in [4.78, 5) is 6.49. The van der Waals surface area contributed by atoms with Gasteiger partial charge in [0, 0.05) is 23.2 Å². The molecule has 0 fully saturated rings. The zero-order valence-corrected chi connectivity index (χ0v) is 17.0. The molecule has 0 radical (unpaired) electrons. The van der Waals surface area contributed by atoms with E-state index in [4.69, 9.17) is 10.5 Å². The van der Waals surface area contributed by atoms with Crippen molar-refractivity contribution in [1.29, 1.82) is 5.26 Å². The topological polar surface area (TPSA) is 95.4 Å². The maximum Gasteiger partial charge on any atom is 0.142 e. The molecule has 0 aliphatic carbocycles. The number of nitrogens with two attached hydrogens (primary N) is 1. The number of aryl methyl sites for hydroxylation is 1. The molecule has 6 heteroatoms. The normalized spacial score (nSPS) is 10.8. The molecule has 0 amide bonds. The van der Waals surface area contributed by atoms with Gasteiger partial charge in [-0.1, -0.05) is 6.07 Å². The van der Waals surface area contributed by atoms with E-state index in [1.165, 1.54) is 0 Å². The van der Waals surface area contributed by atoms with Gasteiger partial charge in [-0.05, 0) is 68.5 Å². The van der Waals surface area contributed by atoms with E-state index in [9.17, 15) is 10.4 Å². The van der Waals surface area contributed by atoms with Crippen molar-refractivity contribution in [2.45, 2.75) is 13.5 Å². The minimum absolute atomic E-state index is 0.178. The zero-order valence-electron chi connectivity index (χ0n) is 17.0. The van der Waals surface area contributed by atoms with Crippen LogP contribution in [0.2, 0.25) is 0 Å². The number of phenols is 1. The predicted octanol–water partition coefficient (Wildman–Crippen LogP) is 3.95.